The highest BCUT2D eigenvalue weighted by molar-refractivity contribution is 5.90. The van der Waals surface area contributed by atoms with Crippen LogP contribution in [0.1, 0.15) is 22.5 Å². The van der Waals surface area contributed by atoms with Gasteiger partial charge in [-0.1, -0.05) is 12.1 Å². The van der Waals surface area contributed by atoms with E-state index < -0.39 is 0 Å². The smallest absolute Gasteiger partial charge is 0.319 e. The third-order valence-electron chi connectivity index (χ3n) is 3.89. The van der Waals surface area contributed by atoms with Crippen molar-refractivity contribution < 1.29 is 9.21 Å². The number of hydrogen-bond acceptors (Lipinski definition) is 4. The average Bonchev–Trinajstić information content (AvgIpc) is 3.02. The molecule has 2 aromatic heterocycles. The zero-order valence-electron chi connectivity index (χ0n) is 14.5. The van der Waals surface area contributed by atoms with Crippen LogP contribution in [0.5, 0.6) is 0 Å². The molecule has 0 saturated carbocycles. The molecule has 6 heteroatoms. The molecule has 2 amide bonds. The second kappa shape index (κ2) is 7.17. The molecule has 3 aromatic rings. The van der Waals surface area contributed by atoms with E-state index in [-0.39, 0.29) is 6.03 Å². The van der Waals surface area contributed by atoms with Crippen molar-refractivity contribution in [2.24, 2.45) is 0 Å². The molecule has 0 fully saturated rings. The van der Waals surface area contributed by atoms with Gasteiger partial charge in [0.05, 0.1) is 17.9 Å². The lowest BCUT2D eigenvalue weighted by atomic mass is 10.1. The summed E-state index contributed by atoms with van der Waals surface area (Å²) in [6.07, 6.45) is 3.32. The summed E-state index contributed by atoms with van der Waals surface area (Å²) in [4.78, 5) is 20.8. The summed E-state index contributed by atoms with van der Waals surface area (Å²) in [5, 5.41) is 5.70. The molecule has 0 atom stereocenters. The summed E-state index contributed by atoms with van der Waals surface area (Å²) < 4.78 is 5.42. The van der Waals surface area contributed by atoms with E-state index in [1.807, 2.05) is 51.1 Å². The van der Waals surface area contributed by atoms with Crippen LogP contribution in [0.15, 0.2) is 47.2 Å². The maximum absolute atomic E-state index is 12.2. The molecule has 1 aromatic carbocycles. The number of amides is 2. The molecule has 0 spiro atoms. The molecule has 0 bridgehead atoms. The summed E-state index contributed by atoms with van der Waals surface area (Å²) in [5.41, 5.74) is 5.18. The number of hydrogen-bond donors (Lipinski definition) is 2. The molecule has 3 rings (SSSR count). The first kappa shape index (κ1) is 16.7. The summed E-state index contributed by atoms with van der Waals surface area (Å²) >= 11 is 0. The third-order valence-corrected chi connectivity index (χ3v) is 3.89. The van der Waals surface area contributed by atoms with Gasteiger partial charge in [0.2, 0.25) is 5.89 Å². The van der Waals surface area contributed by atoms with Crippen molar-refractivity contribution in [3.63, 3.8) is 0 Å². The minimum atomic E-state index is -0.283. The number of urea groups is 1. The van der Waals surface area contributed by atoms with Crippen molar-refractivity contribution in [1.29, 1.82) is 0 Å². The number of anilines is 1. The summed E-state index contributed by atoms with van der Waals surface area (Å²) in [6, 6.07) is 9.25. The van der Waals surface area contributed by atoms with E-state index in [0.29, 0.717) is 18.1 Å². The zero-order chi connectivity index (χ0) is 17.8. The van der Waals surface area contributed by atoms with Gasteiger partial charge < -0.3 is 15.1 Å². The molecule has 6 nitrogen and oxygen atoms in total. The normalized spacial score (nSPS) is 10.5. The van der Waals surface area contributed by atoms with Crippen LogP contribution in [0.25, 0.3) is 11.5 Å². The van der Waals surface area contributed by atoms with E-state index in [2.05, 4.69) is 20.6 Å². The third kappa shape index (κ3) is 4.03. The van der Waals surface area contributed by atoms with Crippen molar-refractivity contribution >= 4 is 11.7 Å². The fourth-order valence-electron chi connectivity index (χ4n) is 2.41. The second-order valence-corrected chi connectivity index (χ2v) is 5.90. The first-order chi connectivity index (χ1) is 12.0. The van der Waals surface area contributed by atoms with E-state index in [4.69, 9.17) is 4.42 Å². The van der Waals surface area contributed by atoms with E-state index in [9.17, 15) is 4.79 Å². The van der Waals surface area contributed by atoms with Gasteiger partial charge >= 0.3 is 6.03 Å². The number of carbonyl (C=O) groups is 1. The number of nitrogens with zero attached hydrogens (tertiary/aromatic N) is 2. The van der Waals surface area contributed by atoms with Crippen LogP contribution in [0, 0.1) is 20.8 Å². The topological polar surface area (TPSA) is 80.0 Å². The van der Waals surface area contributed by atoms with Crippen molar-refractivity contribution in [1.82, 2.24) is 15.3 Å². The Labute approximate surface area is 146 Å². The highest BCUT2D eigenvalue weighted by Crippen LogP contribution is 2.25. The Morgan fingerprint density at radius 1 is 1.16 bits per heavy atom. The Kier molecular flexibility index (Phi) is 4.79. The average molecular weight is 336 g/mol. The van der Waals surface area contributed by atoms with Crippen LogP contribution >= 0.6 is 0 Å². The van der Waals surface area contributed by atoms with Gasteiger partial charge in [0, 0.05) is 17.4 Å². The number of benzene rings is 1. The number of rotatable bonds is 4. The van der Waals surface area contributed by atoms with Crippen molar-refractivity contribution in [3.05, 3.63) is 65.3 Å². The lowest BCUT2D eigenvalue weighted by Gasteiger charge is -2.11. The van der Waals surface area contributed by atoms with Gasteiger partial charge in [-0.25, -0.2) is 9.78 Å². The SMILES string of the molecule is Cc1coc(-c2ccc(C)c(NC(=O)NCc3ncccc3C)c2)n1. The first-order valence-corrected chi connectivity index (χ1v) is 8.01. The minimum Gasteiger partial charge on any atom is -0.444 e. The van der Waals surface area contributed by atoms with Crippen LogP contribution in [-0.2, 0) is 6.54 Å². The zero-order valence-corrected chi connectivity index (χ0v) is 14.5. The van der Waals surface area contributed by atoms with E-state index >= 15 is 0 Å². The molecule has 0 aliphatic rings. The van der Waals surface area contributed by atoms with Gasteiger partial charge in [-0.2, -0.15) is 0 Å². The number of aryl methyl sites for hydroxylation is 3. The monoisotopic (exact) mass is 336 g/mol. The van der Waals surface area contributed by atoms with Gasteiger partial charge in [-0.3, -0.25) is 4.98 Å². The molecule has 128 valence electrons. The van der Waals surface area contributed by atoms with Crippen molar-refractivity contribution in [2.45, 2.75) is 27.3 Å². The molecule has 25 heavy (non-hydrogen) atoms. The number of pyridine rings is 1. The van der Waals surface area contributed by atoms with Gasteiger partial charge in [0.1, 0.15) is 6.26 Å². The molecular weight excluding hydrogens is 316 g/mol. The quantitative estimate of drug-likeness (QED) is 0.755. The second-order valence-electron chi connectivity index (χ2n) is 5.90. The van der Waals surface area contributed by atoms with Crippen LogP contribution in [0.4, 0.5) is 10.5 Å². The van der Waals surface area contributed by atoms with Crippen LogP contribution in [0.3, 0.4) is 0 Å². The standard InChI is InChI=1S/C19H20N4O2/c1-12-5-4-8-20-17(12)10-21-19(24)23-16-9-15(7-6-13(16)2)18-22-14(3)11-25-18/h4-9,11H,10H2,1-3H3,(H2,21,23,24). The molecule has 2 heterocycles. The number of carbonyl (C=O) groups excluding carboxylic acids is 1. The molecule has 0 radical (unpaired) electrons. The maximum atomic E-state index is 12.2. The van der Waals surface area contributed by atoms with Crippen LogP contribution in [-0.4, -0.2) is 16.0 Å². The molecule has 0 saturated heterocycles. The largest absolute Gasteiger partial charge is 0.444 e. The number of aromatic nitrogens is 2. The molecule has 0 aliphatic carbocycles. The molecule has 0 unspecified atom stereocenters. The van der Waals surface area contributed by atoms with Crippen molar-refractivity contribution in [2.75, 3.05) is 5.32 Å². The van der Waals surface area contributed by atoms with Gasteiger partial charge in [-0.15, -0.1) is 0 Å². The molecular formula is C19H20N4O2. The molecule has 2 N–H and O–H groups in total. The minimum absolute atomic E-state index is 0.283. The van der Waals surface area contributed by atoms with Crippen molar-refractivity contribution in [3.8, 4) is 11.5 Å². The van der Waals surface area contributed by atoms with E-state index in [1.54, 1.807) is 12.5 Å². The highest BCUT2D eigenvalue weighted by Gasteiger charge is 2.10. The Morgan fingerprint density at radius 2 is 2.00 bits per heavy atom. The van der Waals surface area contributed by atoms with E-state index in [1.165, 1.54) is 0 Å². The van der Waals surface area contributed by atoms with Gasteiger partial charge in [0.25, 0.3) is 0 Å². The first-order valence-electron chi connectivity index (χ1n) is 8.01. The van der Waals surface area contributed by atoms with Gasteiger partial charge in [-0.05, 0) is 50.1 Å². The summed E-state index contributed by atoms with van der Waals surface area (Å²) in [6.45, 7) is 6.14. The number of nitrogens with one attached hydrogen (secondary N) is 2. The maximum Gasteiger partial charge on any atom is 0.319 e. The lowest BCUT2D eigenvalue weighted by Crippen LogP contribution is -2.29. The summed E-state index contributed by atoms with van der Waals surface area (Å²) in [5.74, 6) is 0.532. The Hall–Kier alpha value is -3.15. The Morgan fingerprint density at radius 3 is 2.72 bits per heavy atom. The number of oxazole rings is 1. The van der Waals surface area contributed by atoms with Crippen LogP contribution < -0.4 is 10.6 Å². The Bertz CT molecular complexity index is 902. The van der Waals surface area contributed by atoms with Gasteiger partial charge in [0.15, 0.2) is 0 Å². The predicted octanol–water partition coefficient (Wildman–Crippen LogP) is 3.98. The Balaban J connectivity index is 1.69. The fourth-order valence-corrected chi connectivity index (χ4v) is 2.41. The summed E-state index contributed by atoms with van der Waals surface area (Å²) in [7, 11) is 0. The molecule has 0 aliphatic heterocycles. The highest BCUT2D eigenvalue weighted by atomic mass is 16.3. The van der Waals surface area contributed by atoms with E-state index in [0.717, 1.165) is 28.1 Å². The van der Waals surface area contributed by atoms with Crippen LogP contribution in [0.2, 0.25) is 0 Å². The predicted molar refractivity (Wildman–Crippen MR) is 96.2 cm³/mol. The lowest BCUT2D eigenvalue weighted by molar-refractivity contribution is 0.251. The fraction of sp³-hybridized carbons (Fsp3) is 0.211.